The van der Waals surface area contributed by atoms with Gasteiger partial charge in [0.2, 0.25) is 0 Å². The van der Waals surface area contributed by atoms with Crippen molar-refractivity contribution in [3.05, 3.63) is 51.6 Å². The van der Waals surface area contributed by atoms with Crippen LogP contribution in [0.15, 0.2) is 29.1 Å². The molecule has 0 radical (unpaired) electrons. The molecule has 1 saturated carbocycles. The number of hydrogen-bond acceptors (Lipinski definition) is 6. The second-order valence-corrected chi connectivity index (χ2v) is 8.99. The Labute approximate surface area is 188 Å². The van der Waals surface area contributed by atoms with Crippen molar-refractivity contribution in [1.82, 2.24) is 30.1 Å². The van der Waals surface area contributed by atoms with E-state index < -0.39 is 0 Å². The Balaban J connectivity index is 1.69. The van der Waals surface area contributed by atoms with Crippen molar-refractivity contribution in [1.29, 1.82) is 0 Å². The highest BCUT2D eigenvalue weighted by molar-refractivity contribution is 5.79. The maximum absolute atomic E-state index is 12.9. The molecule has 1 aliphatic carbocycles. The molecule has 2 aromatic heterocycles. The van der Waals surface area contributed by atoms with Gasteiger partial charge >= 0.3 is 0 Å². The number of benzene rings is 1. The summed E-state index contributed by atoms with van der Waals surface area (Å²) >= 11 is 0. The lowest BCUT2D eigenvalue weighted by Gasteiger charge is -2.31. The van der Waals surface area contributed by atoms with Crippen molar-refractivity contribution in [2.24, 2.45) is 0 Å². The van der Waals surface area contributed by atoms with Gasteiger partial charge in [-0.25, -0.2) is 4.68 Å². The van der Waals surface area contributed by atoms with Gasteiger partial charge in [-0.1, -0.05) is 37.8 Å². The molecular formula is C24H34N6O2. The van der Waals surface area contributed by atoms with Crippen molar-refractivity contribution >= 4 is 10.9 Å². The van der Waals surface area contributed by atoms with Crippen molar-refractivity contribution in [2.75, 3.05) is 13.2 Å². The molecule has 2 N–H and O–H groups in total. The van der Waals surface area contributed by atoms with E-state index in [4.69, 9.17) is 0 Å². The lowest BCUT2D eigenvalue weighted by molar-refractivity contribution is 0.145. The molecule has 0 amide bonds. The Bertz CT molecular complexity index is 1090. The Morgan fingerprint density at radius 3 is 2.84 bits per heavy atom. The van der Waals surface area contributed by atoms with E-state index in [2.05, 4.69) is 45.3 Å². The number of aromatic nitrogens is 5. The van der Waals surface area contributed by atoms with Gasteiger partial charge in [0.05, 0.1) is 12.1 Å². The highest BCUT2D eigenvalue weighted by atomic mass is 16.3. The molecule has 8 nitrogen and oxygen atoms in total. The molecule has 32 heavy (non-hydrogen) atoms. The maximum atomic E-state index is 12.9. The second kappa shape index (κ2) is 10.4. The van der Waals surface area contributed by atoms with E-state index in [0.29, 0.717) is 25.6 Å². The molecule has 1 atom stereocenters. The first-order valence-electron chi connectivity index (χ1n) is 11.9. The first-order chi connectivity index (χ1) is 15.6. The number of aromatic amines is 1. The van der Waals surface area contributed by atoms with Crippen molar-refractivity contribution < 1.29 is 5.11 Å². The number of tetrazole rings is 1. The molecular weight excluding hydrogens is 404 g/mol. The molecule has 1 aliphatic rings. The minimum absolute atomic E-state index is 0.00486. The average molecular weight is 439 g/mol. The molecule has 0 saturated heterocycles. The molecule has 0 unspecified atom stereocenters. The first kappa shape index (κ1) is 22.6. The minimum Gasteiger partial charge on any atom is -0.396 e. The summed E-state index contributed by atoms with van der Waals surface area (Å²) < 4.78 is 2.02. The predicted octanol–water partition coefficient (Wildman–Crippen LogP) is 3.66. The fourth-order valence-electron chi connectivity index (χ4n) is 4.90. The van der Waals surface area contributed by atoms with Gasteiger partial charge in [0.15, 0.2) is 5.82 Å². The quantitative estimate of drug-likeness (QED) is 0.501. The van der Waals surface area contributed by atoms with Crippen LogP contribution in [-0.4, -0.2) is 48.3 Å². The van der Waals surface area contributed by atoms with Gasteiger partial charge in [0, 0.05) is 30.8 Å². The third-order valence-electron chi connectivity index (χ3n) is 6.54. The van der Waals surface area contributed by atoms with Gasteiger partial charge < -0.3 is 10.1 Å². The first-order valence-corrected chi connectivity index (χ1v) is 11.9. The monoisotopic (exact) mass is 438 g/mol. The van der Waals surface area contributed by atoms with Crippen LogP contribution in [0.5, 0.6) is 0 Å². The van der Waals surface area contributed by atoms with Gasteiger partial charge in [-0.3, -0.25) is 9.69 Å². The Hall–Kier alpha value is -2.58. The van der Waals surface area contributed by atoms with Crippen LogP contribution in [0.3, 0.4) is 0 Å². The van der Waals surface area contributed by atoms with Gasteiger partial charge in [0.1, 0.15) is 0 Å². The van der Waals surface area contributed by atoms with Crippen LogP contribution in [-0.2, 0) is 6.54 Å². The summed E-state index contributed by atoms with van der Waals surface area (Å²) in [5.74, 6) is 0.879. The van der Waals surface area contributed by atoms with Crippen molar-refractivity contribution in [3.63, 3.8) is 0 Å². The number of nitrogens with zero attached hydrogens (tertiary/aromatic N) is 5. The highest BCUT2D eigenvalue weighted by Gasteiger charge is 2.29. The van der Waals surface area contributed by atoms with Crippen LogP contribution in [0.2, 0.25) is 0 Å². The van der Waals surface area contributed by atoms with Crippen LogP contribution in [0.4, 0.5) is 0 Å². The largest absolute Gasteiger partial charge is 0.396 e. The van der Waals surface area contributed by atoms with E-state index in [9.17, 15) is 9.90 Å². The van der Waals surface area contributed by atoms with E-state index in [0.717, 1.165) is 53.5 Å². The number of pyridine rings is 1. The number of fused-ring (bicyclic) bond motifs is 1. The zero-order valence-corrected chi connectivity index (χ0v) is 19.1. The minimum atomic E-state index is -0.0685. The molecule has 172 valence electrons. The summed E-state index contributed by atoms with van der Waals surface area (Å²) in [5, 5.41) is 23.4. The molecule has 3 aromatic rings. The number of aliphatic hydroxyl groups excluding tert-OH is 1. The summed E-state index contributed by atoms with van der Waals surface area (Å²) in [7, 11) is 0. The van der Waals surface area contributed by atoms with Crippen LogP contribution >= 0.6 is 0 Å². The lowest BCUT2D eigenvalue weighted by atomic mass is 10.1. The van der Waals surface area contributed by atoms with Crippen LogP contribution in [0.1, 0.15) is 80.9 Å². The third kappa shape index (κ3) is 4.91. The Morgan fingerprint density at radius 1 is 1.28 bits per heavy atom. The molecule has 1 aromatic carbocycles. The number of nitrogens with one attached hydrogen (secondary N) is 1. The summed E-state index contributed by atoms with van der Waals surface area (Å²) in [6, 6.07) is 8.40. The molecule has 1 fully saturated rings. The maximum Gasteiger partial charge on any atom is 0.252 e. The number of rotatable bonds is 10. The second-order valence-electron chi connectivity index (χ2n) is 8.99. The van der Waals surface area contributed by atoms with Gasteiger partial charge in [0.25, 0.3) is 5.56 Å². The van der Waals surface area contributed by atoms with E-state index in [-0.39, 0.29) is 18.2 Å². The topological polar surface area (TPSA) is 99.9 Å². The molecule has 2 heterocycles. The van der Waals surface area contributed by atoms with Gasteiger partial charge in [-0.05, 0) is 66.6 Å². The van der Waals surface area contributed by atoms with Crippen molar-refractivity contribution in [3.8, 4) is 0 Å². The van der Waals surface area contributed by atoms with Crippen molar-refractivity contribution in [2.45, 2.75) is 77.4 Å². The zero-order chi connectivity index (χ0) is 22.5. The van der Waals surface area contributed by atoms with E-state index >= 15 is 0 Å². The molecule has 8 heteroatoms. The summed E-state index contributed by atoms with van der Waals surface area (Å²) in [4.78, 5) is 18.2. The average Bonchev–Trinajstić information content (AvgIpc) is 3.47. The number of hydrogen-bond donors (Lipinski definition) is 2. The predicted molar refractivity (Wildman–Crippen MR) is 124 cm³/mol. The SMILES string of the molecule is CCC[C@H](c1nnnn1C1CCCC1)N(CCCO)Cc1cc2cc(C)ccc2[nH]c1=O. The number of aryl methyl sites for hydroxylation is 1. The van der Waals surface area contributed by atoms with Crippen LogP contribution in [0.25, 0.3) is 10.9 Å². The summed E-state index contributed by atoms with van der Waals surface area (Å²) in [6.07, 6.45) is 7.14. The normalized spacial score (nSPS) is 15.8. The summed E-state index contributed by atoms with van der Waals surface area (Å²) in [5.41, 5.74) is 2.66. The lowest BCUT2D eigenvalue weighted by Crippen LogP contribution is -2.34. The standard InChI is InChI=1S/C24H34N6O2/c1-3-7-22(23-26-27-28-30(23)20-8-4-5-9-20)29(12-6-13-31)16-19-15-18-14-17(2)10-11-21(18)25-24(19)32/h10-11,14-15,20,22,31H,3-9,12-13,16H2,1-2H3,(H,25,32)/t22-/m1/s1. The number of aliphatic hydroxyl groups is 1. The molecule has 4 rings (SSSR count). The van der Waals surface area contributed by atoms with Gasteiger partial charge in [-0.15, -0.1) is 5.10 Å². The fraction of sp³-hybridized carbons (Fsp3) is 0.583. The number of H-pyrrole nitrogens is 1. The van der Waals surface area contributed by atoms with E-state index in [1.54, 1.807) is 0 Å². The smallest absolute Gasteiger partial charge is 0.252 e. The zero-order valence-electron chi connectivity index (χ0n) is 19.1. The van der Waals surface area contributed by atoms with Crippen LogP contribution in [0, 0.1) is 6.92 Å². The van der Waals surface area contributed by atoms with E-state index in [1.807, 2.05) is 22.9 Å². The Kier molecular flexibility index (Phi) is 7.32. The van der Waals surface area contributed by atoms with Gasteiger partial charge in [-0.2, -0.15) is 0 Å². The Morgan fingerprint density at radius 2 is 2.09 bits per heavy atom. The molecule has 0 bridgehead atoms. The third-order valence-corrected chi connectivity index (χ3v) is 6.54. The molecule has 0 spiro atoms. The molecule has 0 aliphatic heterocycles. The van der Waals surface area contributed by atoms with Crippen LogP contribution < -0.4 is 5.56 Å². The highest BCUT2D eigenvalue weighted by Crippen LogP contribution is 2.33. The summed E-state index contributed by atoms with van der Waals surface area (Å²) in [6.45, 7) is 5.48. The van der Waals surface area contributed by atoms with E-state index in [1.165, 1.54) is 12.8 Å². The fourth-order valence-corrected chi connectivity index (χ4v) is 4.90.